The molecule has 0 fully saturated rings. The molecule has 2 aromatic heterocycles. The zero-order chi connectivity index (χ0) is 14.8. The van der Waals surface area contributed by atoms with Crippen LogP contribution in [-0.4, -0.2) is 9.97 Å². The lowest BCUT2D eigenvalue weighted by molar-refractivity contribution is 1.32. The highest BCUT2D eigenvalue weighted by molar-refractivity contribution is 5.92. The van der Waals surface area contributed by atoms with Crippen LogP contribution >= 0.6 is 0 Å². The van der Waals surface area contributed by atoms with Gasteiger partial charge >= 0.3 is 0 Å². The van der Waals surface area contributed by atoms with E-state index < -0.39 is 0 Å². The second-order valence-electron chi connectivity index (χ2n) is 5.15. The molecule has 0 atom stereocenters. The van der Waals surface area contributed by atoms with Gasteiger partial charge in [0, 0.05) is 22.7 Å². The summed E-state index contributed by atoms with van der Waals surface area (Å²) >= 11 is 0. The quantitative estimate of drug-likeness (QED) is 0.519. The van der Waals surface area contributed by atoms with Crippen LogP contribution in [0.25, 0.3) is 33.4 Å². The van der Waals surface area contributed by atoms with Crippen LogP contribution in [0.2, 0.25) is 0 Å². The Labute approximate surface area is 129 Å². The average molecular weight is 282 g/mol. The second kappa shape index (κ2) is 5.41. The number of fused-ring (bicyclic) bond motifs is 1. The molecule has 0 amide bonds. The van der Waals surface area contributed by atoms with Gasteiger partial charge in [0.1, 0.15) is 0 Å². The molecule has 0 unspecified atom stereocenters. The van der Waals surface area contributed by atoms with Crippen molar-refractivity contribution in [2.75, 3.05) is 0 Å². The first-order chi connectivity index (χ1) is 10.9. The molecule has 104 valence electrons. The van der Waals surface area contributed by atoms with Crippen molar-refractivity contribution in [3.05, 3.63) is 85.1 Å². The number of hydrogen-bond donors (Lipinski definition) is 0. The maximum absolute atomic E-state index is 4.82. The summed E-state index contributed by atoms with van der Waals surface area (Å²) in [6, 6.07) is 26.6. The van der Waals surface area contributed by atoms with E-state index in [1.54, 1.807) is 0 Å². The van der Waals surface area contributed by atoms with Crippen molar-refractivity contribution in [1.29, 1.82) is 0 Å². The van der Waals surface area contributed by atoms with Gasteiger partial charge in [-0.15, -0.1) is 0 Å². The van der Waals surface area contributed by atoms with Gasteiger partial charge in [0.2, 0.25) is 0 Å². The largest absolute Gasteiger partial charge is 0.256 e. The number of rotatable bonds is 2. The molecule has 2 heterocycles. The zero-order valence-corrected chi connectivity index (χ0v) is 12.0. The predicted molar refractivity (Wildman–Crippen MR) is 90.4 cm³/mol. The van der Waals surface area contributed by atoms with Gasteiger partial charge in [-0.1, -0.05) is 60.7 Å². The number of hydrogen-bond acceptors (Lipinski definition) is 2. The van der Waals surface area contributed by atoms with E-state index >= 15 is 0 Å². The van der Waals surface area contributed by atoms with Crippen LogP contribution in [0.4, 0.5) is 0 Å². The van der Waals surface area contributed by atoms with Crippen LogP contribution in [0, 0.1) is 0 Å². The summed E-state index contributed by atoms with van der Waals surface area (Å²) in [4.78, 5) is 9.34. The third-order valence-electron chi connectivity index (χ3n) is 3.73. The van der Waals surface area contributed by atoms with Gasteiger partial charge in [0.05, 0.1) is 16.9 Å². The topological polar surface area (TPSA) is 25.8 Å². The molecule has 0 saturated carbocycles. The van der Waals surface area contributed by atoms with Gasteiger partial charge in [0.25, 0.3) is 0 Å². The van der Waals surface area contributed by atoms with Gasteiger partial charge < -0.3 is 0 Å². The van der Waals surface area contributed by atoms with E-state index in [0.717, 1.165) is 33.4 Å². The number of para-hydroxylation sites is 1. The molecule has 0 bridgehead atoms. The van der Waals surface area contributed by atoms with Crippen LogP contribution in [0.3, 0.4) is 0 Å². The molecule has 0 radical (unpaired) electrons. The average Bonchev–Trinajstić information content (AvgIpc) is 2.62. The van der Waals surface area contributed by atoms with Gasteiger partial charge in [-0.2, -0.15) is 0 Å². The fourth-order valence-electron chi connectivity index (χ4n) is 2.67. The fourth-order valence-corrected chi connectivity index (χ4v) is 2.67. The Balaban J connectivity index is 1.89. The highest BCUT2D eigenvalue weighted by Crippen LogP contribution is 2.27. The standard InChI is InChI=1S/C20H14N2/c1-2-7-15(8-3-1)18-12-5-13-19(22-18)17-11-4-9-16-10-6-14-21-20(16)17/h1-14H. The van der Waals surface area contributed by atoms with Crippen LogP contribution in [0.1, 0.15) is 0 Å². The third kappa shape index (κ3) is 2.25. The molecule has 0 saturated heterocycles. The van der Waals surface area contributed by atoms with E-state index in [1.165, 1.54) is 0 Å². The van der Waals surface area contributed by atoms with Crippen molar-refractivity contribution in [2.45, 2.75) is 0 Å². The van der Waals surface area contributed by atoms with Crippen molar-refractivity contribution >= 4 is 10.9 Å². The Hall–Kier alpha value is -3.00. The minimum Gasteiger partial charge on any atom is -0.256 e. The zero-order valence-electron chi connectivity index (χ0n) is 12.0. The Bertz CT molecular complexity index is 925. The van der Waals surface area contributed by atoms with E-state index in [1.807, 2.05) is 48.7 Å². The van der Waals surface area contributed by atoms with E-state index in [-0.39, 0.29) is 0 Å². The summed E-state index contributed by atoms with van der Waals surface area (Å²) in [6.07, 6.45) is 1.83. The normalized spacial score (nSPS) is 10.7. The fraction of sp³-hybridized carbons (Fsp3) is 0. The summed E-state index contributed by atoms with van der Waals surface area (Å²) < 4.78 is 0. The van der Waals surface area contributed by atoms with Crippen LogP contribution in [-0.2, 0) is 0 Å². The Kier molecular flexibility index (Phi) is 3.13. The van der Waals surface area contributed by atoms with E-state index in [0.29, 0.717) is 0 Å². The van der Waals surface area contributed by atoms with Gasteiger partial charge in [-0.25, -0.2) is 4.98 Å². The lowest BCUT2D eigenvalue weighted by Gasteiger charge is -2.07. The molecule has 0 aliphatic carbocycles. The van der Waals surface area contributed by atoms with Crippen molar-refractivity contribution in [3.63, 3.8) is 0 Å². The molecule has 4 rings (SSSR count). The maximum atomic E-state index is 4.82. The first-order valence-electron chi connectivity index (χ1n) is 7.28. The molecule has 0 aliphatic rings. The Morgan fingerprint density at radius 3 is 2.27 bits per heavy atom. The molecule has 2 nitrogen and oxygen atoms in total. The SMILES string of the molecule is c1ccc(-c2cccc(-c3cccc4cccnc34)n2)cc1. The summed E-state index contributed by atoms with van der Waals surface area (Å²) in [7, 11) is 0. The smallest absolute Gasteiger partial charge is 0.0795 e. The first-order valence-corrected chi connectivity index (χ1v) is 7.28. The van der Waals surface area contributed by atoms with Crippen molar-refractivity contribution < 1.29 is 0 Å². The Morgan fingerprint density at radius 1 is 0.591 bits per heavy atom. The van der Waals surface area contributed by atoms with E-state index in [9.17, 15) is 0 Å². The van der Waals surface area contributed by atoms with Gasteiger partial charge in [-0.3, -0.25) is 4.98 Å². The van der Waals surface area contributed by atoms with Gasteiger partial charge in [-0.05, 0) is 18.2 Å². The highest BCUT2D eigenvalue weighted by Gasteiger charge is 2.07. The van der Waals surface area contributed by atoms with Crippen molar-refractivity contribution in [3.8, 4) is 22.5 Å². The minimum absolute atomic E-state index is 0.950. The number of pyridine rings is 2. The highest BCUT2D eigenvalue weighted by atomic mass is 14.7. The lowest BCUT2D eigenvalue weighted by Crippen LogP contribution is -1.90. The Morgan fingerprint density at radius 2 is 1.36 bits per heavy atom. The molecule has 4 aromatic rings. The third-order valence-corrected chi connectivity index (χ3v) is 3.73. The molecular weight excluding hydrogens is 268 g/mol. The summed E-state index contributed by atoms with van der Waals surface area (Å²) in [5, 5.41) is 1.13. The molecular formula is C20H14N2. The molecule has 0 spiro atoms. The van der Waals surface area contributed by atoms with Crippen molar-refractivity contribution in [1.82, 2.24) is 9.97 Å². The molecule has 2 aromatic carbocycles. The second-order valence-corrected chi connectivity index (χ2v) is 5.15. The summed E-state index contributed by atoms with van der Waals surface area (Å²) in [5.41, 5.74) is 5.10. The van der Waals surface area contributed by atoms with Crippen molar-refractivity contribution in [2.24, 2.45) is 0 Å². The molecule has 0 aliphatic heterocycles. The molecule has 2 heteroatoms. The van der Waals surface area contributed by atoms with Crippen LogP contribution in [0.5, 0.6) is 0 Å². The van der Waals surface area contributed by atoms with Crippen LogP contribution < -0.4 is 0 Å². The number of aromatic nitrogens is 2. The number of benzene rings is 2. The molecule has 0 N–H and O–H groups in total. The maximum Gasteiger partial charge on any atom is 0.0795 e. The number of nitrogens with zero attached hydrogens (tertiary/aromatic N) is 2. The van der Waals surface area contributed by atoms with Crippen LogP contribution in [0.15, 0.2) is 85.1 Å². The van der Waals surface area contributed by atoms with Gasteiger partial charge in [0.15, 0.2) is 0 Å². The van der Waals surface area contributed by atoms with E-state index in [4.69, 9.17) is 4.98 Å². The summed E-state index contributed by atoms with van der Waals surface area (Å²) in [6.45, 7) is 0. The monoisotopic (exact) mass is 282 g/mol. The minimum atomic E-state index is 0.950. The predicted octanol–water partition coefficient (Wildman–Crippen LogP) is 4.96. The lowest BCUT2D eigenvalue weighted by atomic mass is 10.1. The van der Waals surface area contributed by atoms with E-state index in [2.05, 4.69) is 41.4 Å². The molecule has 22 heavy (non-hydrogen) atoms. The summed E-state index contributed by atoms with van der Waals surface area (Å²) in [5.74, 6) is 0. The first kappa shape index (κ1) is 12.7.